The highest BCUT2D eigenvalue weighted by molar-refractivity contribution is 5.01. The van der Waals surface area contributed by atoms with Crippen LogP contribution in [0.1, 0.15) is 5.69 Å². The number of nitrogens with one attached hydrogen (secondary N) is 1. The van der Waals surface area contributed by atoms with Crippen LogP contribution < -0.4 is 23.6 Å². The van der Waals surface area contributed by atoms with Gasteiger partial charge in [-0.05, 0) is 0 Å². The Morgan fingerprint density at radius 3 is 2.21 bits per heavy atom. The summed E-state index contributed by atoms with van der Waals surface area (Å²) in [4.78, 5) is 2.95. The van der Waals surface area contributed by atoms with Crippen molar-refractivity contribution in [2.75, 3.05) is 0 Å². The molecule has 1 N–H and O–H groups in total. The van der Waals surface area contributed by atoms with Crippen LogP contribution in [0.15, 0.2) is 24.4 Å². The molecule has 0 spiro atoms. The molecule has 7 heteroatoms. The van der Waals surface area contributed by atoms with E-state index in [4.69, 9.17) is 23.9 Å². The number of aromatic amines is 1. The van der Waals surface area contributed by atoms with Crippen molar-refractivity contribution < 1.29 is 33.9 Å². The Bertz CT molecular complexity index is 287. The van der Waals surface area contributed by atoms with Crippen LogP contribution in [-0.2, 0) is 6.42 Å². The molecule has 1 aromatic heterocycles. The molecule has 0 saturated heterocycles. The number of rotatable bonds is 1. The lowest BCUT2D eigenvalue weighted by molar-refractivity contribution is -2.00. The van der Waals surface area contributed by atoms with Gasteiger partial charge in [-0.25, -0.2) is 23.6 Å². The normalized spacial score (nSPS) is 9.64. The van der Waals surface area contributed by atoms with Gasteiger partial charge in [-0.15, -0.1) is 10.2 Å². The maximum absolute atomic E-state index is 8.49. The van der Waals surface area contributed by atoms with Gasteiger partial charge in [-0.3, -0.25) is 0 Å². The fourth-order valence-corrected chi connectivity index (χ4v) is 0.626. The number of nitriles is 1. The van der Waals surface area contributed by atoms with Crippen molar-refractivity contribution in [1.29, 1.82) is 5.26 Å². The van der Waals surface area contributed by atoms with Crippen molar-refractivity contribution in [1.82, 2.24) is 0 Å². The lowest BCUT2D eigenvalue weighted by Gasteiger charge is -2.17. The van der Waals surface area contributed by atoms with Crippen LogP contribution in [0.4, 0.5) is 0 Å². The summed E-state index contributed by atoms with van der Waals surface area (Å²) in [6.45, 7) is 0. The fourth-order valence-electron chi connectivity index (χ4n) is 0.626. The van der Waals surface area contributed by atoms with E-state index in [9.17, 15) is 0 Å². The van der Waals surface area contributed by atoms with Crippen LogP contribution >= 0.6 is 0 Å². The Morgan fingerprint density at radius 2 is 1.86 bits per heavy atom. The number of H-pyrrole nitrogens is 1. The second-order valence-electron chi connectivity index (χ2n) is 2.10. The van der Waals surface area contributed by atoms with Crippen molar-refractivity contribution in [3.63, 3.8) is 0 Å². The Labute approximate surface area is 82.4 Å². The molecule has 0 amide bonds. The molecule has 0 radical (unpaired) electrons. The number of hydrogen-bond donors (Lipinski definition) is 0. The second-order valence-corrected chi connectivity index (χ2v) is 2.86. The van der Waals surface area contributed by atoms with Crippen molar-refractivity contribution >= 4 is 0 Å². The zero-order valence-electron chi connectivity index (χ0n) is 6.97. The van der Waals surface area contributed by atoms with Crippen molar-refractivity contribution in [2.24, 2.45) is 0 Å². The van der Waals surface area contributed by atoms with E-state index in [0.717, 1.165) is 5.69 Å². The van der Waals surface area contributed by atoms with Crippen LogP contribution in [0.25, 0.3) is 0 Å². The minimum atomic E-state index is -4.94. The van der Waals surface area contributed by atoms with E-state index >= 15 is 0 Å². The van der Waals surface area contributed by atoms with Gasteiger partial charge in [-0.1, -0.05) is 6.07 Å². The third-order valence-corrected chi connectivity index (χ3v) is 1.04. The highest BCUT2D eigenvalue weighted by Crippen LogP contribution is 1.86. The number of halogens is 1. The van der Waals surface area contributed by atoms with E-state index in [1.807, 2.05) is 24.4 Å². The Morgan fingerprint density at radius 1 is 1.29 bits per heavy atom. The third kappa shape index (κ3) is 10.8. The molecular weight excluding hydrogens is 212 g/mol. The van der Waals surface area contributed by atoms with Gasteiger partial charge in [0.05, 0.1) is 6.07 Å². The summed E-state index contributed by atoms with van der Waals surface area (Å²) in [5.41, 5.74) is 0.958. The minimum absolute atomic E-state index is 0.459. The SMILES string of the molecule is N#CCc1cccc[nH+]1.[O-][Cl+3]([O-])([O-])[O-]. The van der Waals surface area contributed by atoms with E-state index in [1.54, 1.807) is 0 Å². The molecule has 0 saturated carbocycles. The van der Waals surface area contributed by atoms with E-state index in [-0.39, 0.29) is 0 Å². The average Bonchev–Trinajstić information content (AvgIpc) is 2.03. The van der Waals surface area contributed by atoms with E-state index in [2.05, 4.69) is 11.1 Å². The monoisotopic (exact) mass is 218 g/mol. The van der Waals surface area contributed by atoms with Gasteiger partial charge in [-0.2, -0.15) is 5.26 Å². The maximum atomic E-state index is 8.49. The summed E-state index contributed by atoms with van der Waals surface area (Å²) in [5.74, 6) is 0. The summed E-state index contributed by atoms with van der Waals surface area (Å²) < 4.78 is 34.0. The summed E-state index contributed by atoms with van der Waals surface area (Å²) in [6, 6.07) is 7.74. The molecular formula is C7H7ClN2O4. The highest BCUT2D eigenvalue weighted by atomic mass is 35.7. The number of nitrogens with zero attached hydrogens (tertiary/aromatic N) is 1. The van der Waals surface area contributed by atoms with Crippen molar-refractivity contribution in [3.8, 4) is 6.07 Å². The lowest BCUT2D eigenvalue weighted by Crippen LogP contribution is -2.68. The molecule has 1 heterocycles. The van der Waals surface area contributed by atoms with Crippen LogP contribution in [0.5, 0.6) is 0 Å². The quantitative estimate of drug-likeness (QED) is 0.472. The van der Waals surface area contributed by atoms with Crippen LogP contribution in [0.3, 0.4) is 0 Å². The van der Waals surface area contributed by atoms with Gasteiger partial charge in [0.2, 0.25) is 0 Å². The van der Waals surface area contributed by atoms with Gasteiger partial charge in [0.1, 0.15) is 6.42 Å². The molecule has 0 atom stereocenters. The van der Waals surface area contributed by atoms with E-state index in [0.29, 0.717) is 6.42 Å². The smallest absolute Gasteiger partial charge is 0.193 e. The van der Waals surface area contributed by atoms with Crippen molar-refractivity contribution in [3.05, 3.63) is 30.1 Å². The van der Waals surface area contributed by atoms with E-state index < -0.39 is 10.2 Å². The second kappa shape index (κ2) is 6.26. The number of aromatic nitrogens is 1. The number of hydrogen-bond acceptors (Lipinski definition) is 5. The minimum Gasteiger partial charge on any atom is -0.222 e. The topological polar surface area (TPSA) is 130 Å². The zero-order valence-corrected chi connectivity index (χ0v) is 7.73. The Hall–Kier alpha value is -1.23. The first-order valence-corrected chi connectivity index (χ1v) is 4.61. The fraction of sp³-hybridized carbons (Fsp3) is 0.143. The predicted molar refractivity (Wildman–Crippen MR) is 32.3 cm³/mol. The zero-order chi connectivity index (χ0) is 11.0. The molecule has 0 fully saturated rings. The molecule has 1 rings (SSSR count). The lowest BCUT2D eigenvalue weighted by atomic mass is 10.3. The molecule has 76 valence electrons. The number of pyridine rings is 1. The maximum Gasteiger partial charge on any atom is 0.193 e. The Balaban J connectivity index is 0.000000292. The van der Waals surface area contributed by atoms with Crippen molar-refractivity contribution in [2.45, 2.75) is 6.42 Å². The largest absolute Gasteiger partial charge is 0.222 e. The van der Waals surface area contributed by atoms with Crippen LogP contribution in [-0.4, -0.2) is 0 Å². The van der Waals surface area contributed by atoms with Crippen LogP contribution in [0, 0.1) is 21.6 Å². The van der Waals surface area contributed by atoms with E-state index in [1.165, 1.54) is 0 Å². The Kier molecular flexibility index (Phi) is 5.71. The first-order valence-electron chi connectivity index (χ1n) is 3.38. The standard InChI is InChI=1S/C7H6N2.ClHO4/c8-5-4-7-3-1-2-6-9-7;2-1(3,4)5/h1-3,6H,4H2;(H,2,3,4,5). The first kappa shape index (κ1) is 12.8. The van der Waals surface area contributed by atoms with Gasteiger partial charge in [0, 0.05) is 12.1 Å². The third-order valence-electron chi connectivity index (χ3n) is 1.04. The molecule has 0 bridgehead atoms. The molecule has 0 aliphatic rings. The average molecular weight is 219 g/mol. The molecule has 6 nitrogen and oxygen atoms in total. The summed E-state index contributed by atoms with van der Waals surface area (Å²) >= 11 is 0. The summed E-state index contributed by atoms with van der Waals surface area (Å²) in [6.07, 6.45) is 2.27. The summed E-state index contributed by atoms with van der Waals surface area (Å²) in [7, 11) is -4.94. The van der Waals surface area contributed by atoms with Crippen LogP contribution in [0.2, 0.25) is 0 Å². The predicted octanol–water partition coefficient (Wildman–Crippen LogP) is -4.19. The van der Waals surface area contributed by atoms with Gasteiger partial charge < -0.3 is 0 Å². The summed E-state index contributed by atoms with van der Waals surface area (Å²) in [5, 5.41) is 8.25. The molecule has 0 aliphatic carbocycles. The van der Waals surface area contributed by atoms with Gasteiger partial charge >= 0.3 is 0 Å². The first-order chi connectivity index (χ1) is 6.43. The van der Waals surface area contributed by atoms with Gasteiger partial charge in [0.25, 0.3) is 0 Å². The molecule has 1 aromatic rings. The highest BCUT2D eigenvalue weighted by Gasteiger charge is 1.93. The molecule has 0 aliphatic heterocycles. The molecule has 0 aromatic carbocycles. The molecule has 14 heavy (non-hydrogen) atoms. The van der Waals surface area contributed by atoms with Gasteiger partial charge in [0.15, 0.2) is 11.9 Å². The molecule has 0 unspecified atom stereocenters.